The van der Waals surface area contributed by atoms with Crippen molar-refractivity contribution in [3.8, 4) is 0 Å². The van der Waals surface area contributed by atoms with Crippen LogP contribution in [0.4, 0.5) is 0 Å². The summed E-state index contributed by atoms with van der Waals surface area (Å²) in [5, 5.41) is 0. The minimum absolute atomic E-state index is 0.334. The fourth-order valence-corrected chi connectivity index (χ4v) is 5.91. The molecule has 1 fully saturated rings. The lowest BCUT2D eigenvalue weighted by atomic mass is 9.67. The van der Waals surface area contributed by atoms with Gasteiger partial charge in [-0.3, -0.25) is 0 Å². The summed E-state index contributed by atoms with van der Waals surface area (Å²) in [6, 6.07) is 18.6. The first kappa shape index (κ1) is 12.0. The summed E-state index contributed by atoms with van der Waals surface area (Å²) in [5.41, 5.74) is 7.43. The van der Waals surface area contributed by atoms with Gasteiger partial charge in [0.15, 0.2) is 0 Å². The molecule has 3 aliphatic rings. The van der Waals surface area contributed by atoms with Crippen LogP contribution in [0, 0.1) is 11.3 Å². The van der Waals surface area contributed by atoms with E-state index in [0.29, 0.717) is 10.8 Å². The standard InChI is InChI=1S/C21H22/c1-2-17-14-20(17)13-16-8-4-6-10-19(16)21(20)12-11-15-7-3-5-9-18(15)21/h3-10,17H,2,11-14H2,1H3/t17?,20?,21-/m0/s1. The second-order valence-corrected chi connectivity index (χ2v) is 7.36. The van der Waals surface area contributed by atoms with E-state index in [0.717, 1.165) is 5.92 Å². The molecule has 3 atom stereocenters. The van der Waals surface area contributed by atoms with Crippen molar-refractivity contribution >= 4 is 0 Å². The van der Waals surface area contributed by atoms with Gasteiger partial charge in [-0.15, -0.1) is 0 Å². The molecule has 21 heavy (non-hydrogen) atoms. The second-order valence-electron chi connectivity index (χ2n) is 7.36. The van der Waals surface area contributed by atoms with E-state index in [1.54, 1.807) is 22.3 Å². The molecule has 0 amide bonds. The summed E-state index contributed by atoms with van der Waals surface area (Å²) >= 11 is 0. The molecule has 1 saturated carbocycles. The molecule has 0 heteroatoms. The molecule has 2 unspecified atom stereocenters. The predicted molar refractivity (Wildman–Crippen MR) is 86.5 cm³/mol. The Labute approximate surface area is 127 Å². The second kappa shape index (κ2) is 3.80. The molecule has 0 aliphatic heterocycles. The number of rotatable bonds is 1. The van der Waals surface area contributed by atoms with E-state index >= 15 is 0 Å². The Morgan fingerprint density at radius 2 is 1.62 bits per heavy atom. The highest BCUT2D eigenvalue weighted by atomic mass is 14.7. The molecule has 3 aliphatic carbocycles. The van der Waals surface area contributed by atoms with Gasteiger partial charge >= 0.3 is 0 Å². The normalized spacial score (nSPS) is 35.2. The molecule has 0 aromatic heterocycles. The summed E-state index contributed by atoms with van der Waals surface area (Å²) < 4.78 is 0. The van der Waals surface area contributed by atoms with Gasteiger partial charge in [-0.25, -0.2) is 0 Å². The maximum Gasteiger partial charge on any atom is 0.0273 e. The number of hydrogen-bond acceptors (Lipinski definition) is 0. The van der Waals surface area contributed by atoms with Crippen molar-refractivity contribution in [2.45, 2.75) is 44.4 Å². The fourth-order valence-electron chi connectivity index (χ4n) is 5.91. The van der Waals surface area contributed by atoms with Crippen LogP contribution in [0.2, 0.25) is 0 Å². The molecule has 0 radical (unpaired) electrons. The summed E-state index contributed by atoms with van der Waals surface area (Å²) in [4.78, 5) is 0. The zero-order valence-electron chi connectivity index (χ0n) is 12.7. The fraction of sp³-hybridized carbons (Fsp3) is 0.429. The third kappa shape index (κ3) is 1.24. The zero-order chi connectivity index (χ0) is 14.1. The van der Waals surface area contributed by atoms with Crippen LogP contribution < -0.4 is 0 Å². The number of benzene rings is 2. The van der Waals surface area contributed by atoms with Crippen molar-refractivity contribution < 1.29 is 0 Å². The molecular weight excluding hydrogens is 252 g/mol. The number of hydrogen-bond donors (Lipinski definition) is 0. The molecule has 2 aromatic carbocycles. The topological polar surface area (TPSA) is 0 Å². The van der Waals surface area contributed by atoms with Gasteiger partial charge in [0.05, 0.1) is 0 Å². The Morgan fingerprint density at radius 1 is 0.952 bits per heavy atom. The Morgan fingerprint density at radius 3 is 2.33 bits per heavy atom. The number of aryl methyl sites for hydroxylation is 1. The van der Waals surface area contributed by atoms with E-state index in [9.17, 15) is 0 Å². The summed E-state index contributed by atoms with van der Waals surface area (Å²) in [7, 11) is 0. The minimum Gasteiger partial charge on any atom is -0.0651 e. The van der Waals surface area contributed by atoms with Crippen molar-refractivity contribution in [2.24, 2.45) is 11.3 Å². The van der Waals surface area contributed by atoms with Gasteiger partial charge < -0.3 is 0 Å². The minimum atomic E-state index is 0.334. The lowest BCUT2D eigenvalue weighted by molar-refractivity contribution is 0.290. The van der Waals surface area contributed by atoms with Crippen molar-refractivity contribution in [3.63, 3.8) is 0 Å². The van der Waals surface area contributed by atoms with Crippen LogP contribution in [0.3, 0.4) is 0 Å². The molecule has 0 saturated heterocycles. The van der Waals surface area contributed by atoms with Gasteiger partial charge in [0.25, 0.3) is 0 Å². The third-order valence-electron chi connectivity index (χ3n) is 6.80. The molecule has 2 spiro atoms. The molecule has 0 bridgehead atoms. The maximum atomic E-state index is 2.43. The van der Waals surface area contributed by atoms with Crippen molar-refractivity contribution in [2.75, 3.05) is 0 Å². The van der Waals surface area contributed by atoms with Gasteiger partial charge in [-0.05, 0) is 59.3 Å². The quantitative estimate of drug-likeness (QED) is 0.694. The van der Waals surface area contributed by atoms with E-state index < -0.39 is 0 Å². The molecule has 0 N–H and O–H groups in total. The van der Waals surface area contributed by atoms with Crippen LogP contribution in [-0.4, -0.2) is 0 Å². The van der Waals surface area contributed by atoms with E-state index in [1.807, 2.05) is 0 Å². The van der Waals surface area contributed by atoms with Gasteiger partial charge in [-0.1, -0.05) is 61.9 Å². The van der Waals surface area contributed by atoms with E-state index in [4.69, 9.17) is 0 Å². The summed E-state index contributed by atoms with van der Waals surface area (Å²) in [5.74, 6) is 0.927. The van der Waals surface area contributed by atoms with Crippen LogP contribution in [-0.2, 0) is 18.3 Å². The van der Waals surface area contributed by atoms with E-state index in [2.05, 4.69) is 55.5 Å². The van der Waals surface area contributed by atoms with Crippen molar-refractivity contribution in [1.29, 1.82) is 0 Å². The first-order valence-electron chi connectivity index (χ1n) is 8.48. The van der Waals surface area contributed by atoms with Crippen LogP contribution in [0.15, 0.2) is 48.5 Å². The third-order valence-corrected chi connectivity index (χ3v) is 6.80. The van der Waals surface area contributed by atoms with E-state index in [1.165, 1.54) is 32.1 Å². The Balaban J connectivity index is 1.81. The van der Waals surface area contributed by atoms with Crippen LogP contribution in [0.25, 0.3) is 0 Å². The lowest BCUT2D eigenvalue weighted by Crippen LogP contribution is -2.33. The average Bonchev–Trinajstić information content (AvgIpc) is 2.99. The number of fused-ring (bicyclic) bond motifs is 5. The van der Waals surface area contributed by atoms with Crippen LogP contribution in [0.5, 0.6) is 0 Å². The van der Waals surface area contributed by atoms with Gasteiger partial charge in [0.2, 0.25) is 0 Å². The smallest absolute Gasteiger partial charge is 0.0273 e. The highest BCUT2D eigenvalue weighted by molar-refractivity contribution is 5.59. The Bertz CT molecular complexity index is 715. The molecule has 106 valence electrons. The zero-order valence-corrected chi connectivity index (χ0v) is 12.7. The molecule has 0 nitrogen and oxygen atoms in total. The van der Waals surface area contributed by atoms with Crippen molar-refractivity contribution in [3.05, 3.63) is 70.8 Å². The Hall–Kier alpha value is -1.56. The van der Waals surface area contributed by atoms with Gasteiger partial charge in [0.1, 0.15) is 0 Å². The van der Waals surface area contributed by atoms with E-state index in [-0.39, 0.29) is 0 Å². The van der Waals surface area contributed by atoms with Gasteiger partial charge in [-0.2, -0.15) is 0 Å². The SMILES string of the molecule is CCC1CC12Cc1ccccc1[C@@]21CCc2ccccc21. The van der Waals surface area contributed by atoms with Gasteiger partial charge in [0, 0.05) is 5.41 Å². The highest BCUT2D eigenvalue weighted by Crippen LogP contribution is 2.75. The summed E-state index contributed by atoms with van der Waals surface area (Å²) in [6.45, 7) is 2.39. The largest absolute Gasteiger partial charge is 0.0651 e. The lowest BCUT2D eigenvalue weighted by Gasteiger charge is -2.35. The molecule has 5 rings (SSSR count). The van der Waals surface area contributed by atoms with Crippen LogP contribution in [0.1, 0.15) is 48.4 Å². The summed E-state index contributed by atoms with van der Waals surface area (Å²) in [6.07, 6.45) is 6.70. The average molecular weight is 274 g/mol. The first-order valence-corrected chi connectivity index (χ1v) is 8.48. The van der Waals surface area contributed by atoms with Crippen LogP contribution >= 0.6 is 0 Å². The first-order chi connectivity index (χ1) is 10.3. The highest BCUT2D eigenvalue weighted by Gasteiger charge is 2.70. The monoisotopic (exact) mass is 274 g/mol. The van der Waals surface area contributed by atoms with Crippen molar-refractivity contribution in [1.82, 2.24) is 0 Å². The molecule has 0 heterocycles. The predicted octanol–water partition coefficient (Wildman–Crippen LogP) is 4.89. The Kier molecular flexibility index (Phi) is 2.17. The maximum absolute atomic E-state index is 2.43. The molecule has 2 aromatic rings. The molecular formula is C21H22.